The number of carbonyl (C=O) groups excluding carboxylic acids is 1. The van der Waals surface area contributed by atoms with Crippen molar-refractivity contribution in [2.24, 2.45) is 0 Å². The van der Waals surface area contributed by atoms with Crippen molar-refractivity contribution in [2.45, 2.75) is 12.3 Å². The highest BCUT2D eigenvalue weighted by atomic mass is 19.1. The third kappa shape index (κ3) is 3.28. The zero-order chi connectivity index (χ0) is 19.7. The minimum atomic E-state index is -0.436. The van der Waals surface area contributed by atoms with E-state index in [0.717, 1.165) is 0 Å². The van der Waals surface area contributed by atoms with Crippen LogP contribution in [0, 0.1) is 5.82 Å². The fourth-order valence-electron chi connectivity index (χ4n) is 3.23. The number of carbonyl (C=O) groups is 1. The summed E-state index contributed by atoms with van der Waals surface area (Å²) in [5.41, 5.74) is 0.904. The van der Waals surface area contributed by atoms with Crippen LogP contribution in [0.4, 0.5) is 10.1 Å². The van der Waals surface area contributed by atoms with E-state index >= 15 is 0 Å². The molecule has 144 valence electrons. The molecule has 1 amide bonds. The lowest BCUT2D eigenvalue weighted by Gasteiger charge is -2.16. The summed E-state index contributed by atoms with van der Waals surface area (Å²) in [6.45, 7) is 0.292. The summed E-state index contributed by atoms with van der Waals surface area (Å²) >= 11 is 0. The molecule has 7 nitrogen and oxygen atoms in total. The molecule has 28 heavy (non-hydrogen) atoms. The van der Waals surface area contributed by atoms with Crippen LogP contribution in [0.1, 0.15) is 18.2 Å². The van der Waals surface area contributed by atoms with Crippen LogP contribution in [-0.2, 0) is 4.79 Å². The van der Waals surface area contributed by atoms with Crippen LogP contribution in [0.5, 0.6) is 11.5 Å². The first-order chi connectivity index (χ1) is 13.6. The van der Waals surface area contributed by atoms with Gasteiger partial charge in [0.15, 0.2) is 5.82 Å². The molecule has 1 fully saturated rings. The highest BCUT2D eigenvalue weighted by Crippen LogP contribution is 2.34. The highest BCUT2D eigenvalue weighted by Gasteiger charge is 2.35. The second-order valence-electron chi connectivity index (χ2n) is 6.42. The Morgan fingerprint density at radius 1 is 1.14 bits per heavy atom. The number of para-hydroxylation sites is 1. The van der Waals surface area contributed by atoms with Crippen LogP contribution in [0.15, 0.2) is 47.0 Å². The fourth-order valence-corrected chi connectivity index (χ4v) is 3.23. The molecule has 2 aromatic carbocycles. The first-order valence-electron chi connectivity index (χ1n) is 8.71. The molecule has 0 saturated carbocycles. The third-order valence-electron chi connectivity index (χ3n) is 4.67. The predicted molar refractivity (Wildman–Crippen MR) is 98.9 cm³/mol. The molecule has 4 rings (SSSR count). The van der Waals surface area contributed by atoms with Crippen LogP contribution < -0.4 is 14.4 Å². The first-order valence-corrected chi connectivity index (χ1v) is 8.71. The molecule has 1 unspecified atom stereocenters. The minimum absolute atomic E-state index is 0.176. The number of nitrogens with zero attached hydrogens (tertiary/aromatic N) is 3. The molecule has 0 radical (unpaired) electrons. The molecule has 1 saturated heterocycles. The van der Waals surface area contributed by atoms with Gasteiger partial charge in [0.1, 0.15) is 17.3 Å². The quantitative estimate of drug-likeness (QED) is 0.672. The summed E-state index contributed by atoms with van der Waals surface area (Å²) in [7, 11) is 3.11. The van der Waals surface area contributed by atoms with Crippen molar-refractivity contribution in [1.82, 2.24) is 10.1 Å². The lowest BCUT2D eigenvalue weighted by molar-refractivity contribution is -0.117. The molecule has 0 N–H and O–H groups in total. The number of halogens is 1. The summed E-state index contributed by atoms with van der Waals surface area (Å²) in [5, 5.41) is 4.03. The van der Waals surface area contributed by atoms with Gasteiger partial charge in [-0.2, -0.15) is 4.98 Å². The van der Waals surface area contributed by atoms with E-state index < -0.39 is 5.82 Å². The number of rotatable bonds is 5. The Balaban J connectivity index is 1.59. The molecule has 0 bridgehead atoms. The molecule has 0 aliphatic carbocycles. The number of anilines is 1. The zero-order valence-electron chi connectivity index (χ0n) is 15.4. The molecule has 2 heterocycles. The van der Waals surface area contributed by atoms with Gasteiger partial charge in [0, 0.05) is 30.5 Å². The fraction of sp³-hybridized carbons (Fsp3) is 0.250. The number of amides is 1. The van der Waals surface area contributed by atoms with Crippen LogP contribution in [0.2, 0.25) is 0 Å². The summed E-state index contributed by atoms with van der Waals surface area (Å²) in [6.07, 6.45) is 0.189. The lowest BCUT2D eigenvalue weighted by atomic mass is 10.1. The average Bonchev–Trinajstić information content (AvgIpc) is 3.35. The van der Waals surface area contributed by atoms with Crippen LogP contribution >= 0.6 is 0 Å². The van der Waals surface area contributed by atoms with Crippen molar-refractivity contribution in [3.8, 4) is 23.0 Å². The van der Waals surface area contributed by atoms with Gasteiger partial charge in [-0.25, -0.2) is 4.39 Å². The van der Waals surface area contributed by atoms with E-state index in [2.05, 4.69) is 10.1 Å². The Morgan fingerprint density at radius 3 is 2.54 bits per heavy atom. The monoisotopic (exact) mass is 383 g/mol. The van der Waals surface area contributed by atoms with Crippen molar-refractivity contribution < 1.29 is 23.2 Å². The summed E-state index contributed by atoms with van der Waals surface area (Å²) in [4.78, 5) is 18.3. The number of benzene rings is 2. The smallest absolute Gasteiger partial charge is 0.258 e. The van der Waals surface area contributed by atoms with E-state index in [9.17, 15) is 9.18 Å². The van der Waals surface area contributed by atoms with E-state index in [1.165, 1.54) is 11.0 Å². The first kappa shape index (κ1) is 18.0. The van der Waals surface area contributed by atoms with Crippen molar-refractivity contribution in [3.05, 3.63) is 54.1 Å². The van der Waals surface area contributed by atoms with E-state index in [0.29, 0.717) is 35.3 Å². The molecule has 1 aliphatic heterocycles. The lowest BCUT2D eigenvalue weighted by Crippen LogP contribution is -2.25. The van der Waals surface area contributed by atoms with Crippen molar-refractivity contribution >= 4 is 11.6 Å². The number of ether oxygens (including phenoxy) is 2. The molecule has 8 heteroatoms. The van der Waals surface area contributed by atoms with Gasteiger partial charge in [-0.1, -0.05) is 17.3 Å². The molecule has 1 aliphatic rings. The van der Waals surface area contributed by atoms with Gasteiger partial charge >= 0.3 is 0 Å². The van der Waals surface area contributed by atoms with Gasteiger partial charge in [0.2, 0.25) is 5.91 Å². The number of methoxy groups -OCH3 is 2. The van der Waals surface area contributed by atoms with Gasteiger partial charge in [0.05, 0.1) is 19.9 Å². The van der Waals surface area contributed by atoms with Crippen molar-refractivity contribution in [2.75, 3.05) is 25.7 Å². The van der Waals surface area contributed by atoms with E-state index in [-0.39, 0.29) is 23.9 Å². The topological polar surface area (TPSA) is 77.7 Å². The molecule has 3 aromatic rings. The Hall–Kier alpha value is -3.42. The summed E-state index contributed by atoms with van der Waals surface area (Å²) < 4.78 is 29.9. The van der Waals surface area contributed by atoms with Crippen molar-refractivity contribution in [1.29, 1.82) is 0 Å². The summed E-state index contributed by atoms with van der Waals surface area (Å²) in [5.74, 6) is 0.995. The Kier molecular flexibility index (Phi) is 4.68. The standard InChI is InChI=1S/C20H18FN3O4/c1-26-14-7-12(8-15(10-14)27-2)20-22-19(23-28-20)13-9-18(25)24(11-13)17-6-4-3-5-16(17)21/h3-8,10,13H,9,11H2,1-2H3. The highest BCUT2D eigenvalue weighted by molar-refractivity contribution is 5.96. The zero-order valence-corrected chi connectivity index (χ0v) is 15.4. The number of aromatic nitrogens is 2. The van der Waals surface area contributed by atoms with Crippen molar-refractivity contribution in [3.63, 3.8) is 0 Å². The van der Waals surface area contributed by atoms with E-state index in [1.807, 2.05) is 0 Å². The molecule has 0 spiro atoms. The third-order valence-corrected chi connectivity index (χ3v) is 4.67. The normalized spacial score (nSPS) is 16.5. The maximum absolute atomic E-state index is 14.0. The minimum Gasteiger partial charge on any atom is -0.497 e. The van der Waals surface area contributed by atoms with Crippen LogP contribution in [-0.4, -0.2) is 36.8 Å². The van der Waals surface area contributed by atoms with Gasteiger partial charge in [-0.15, -0.1) is 0 Å². The Labute approximate surface area is 160 Å². The molecule has 1 aromatic heterocycles. The van der Waals surface area contributed by atoms with Gasteiger partial charge in [-0.3, -0.25) is 4.79 Å². The Morgan fingerprint density at radius 2 is 1.86 bits per heavy atom. The average molecular weight is 383 g/mol. The largest absolute Gasteiger partial charge is 0.497 e. The number of hydrogen-bond donors (Lipinski definition) is 0. The van der Waals surface area contributed by atoms with Gasteiger partial charge in [0.25, 0.3) is 5.89 Å². The van der Waals surface area contributed by atoms with Gasteiger partial charge < -0.3 is 18.9 Å². The molecule has 1 atom stereocenters. The van der Waals surface area contributed by atoms with E-state index in [4.69, 9.17) is 14.0 Å². The molecular weight excluding hydrogens is 365 g/mol. The van der Waals surface area contributed by atoms with Crippen LogP contribution in [0.3, 0.4) is 0 Å². The Bertz CT molecular complexity index is 998. The second kappa shape index (κ2) is 7.30. The number of hydrogen-bond acceptors (Lipinski definition) is 6. The molecular formula is C20H18FN3O4. The maximum atomic E-state index is 14.0. The maximum Gasteiger partial charge on any atom is 0.258 e. The van der Waals surface area contributed by atoms with E-state index in [1.54, 1.807) is 50.6 Å². The SMILES string of the molecule is COc1cc(OC)cc(-c2nc(C3CC(=O)N(c4ccccc4F)C3)no2)c1. The van der Waals surface area contributed by atoms with Gasteiger partial charge in [-0.05, 0) is 24.3 Å². The van der Waals surface area contributed by atoms with Crippen LogP contribution in [0.25, 0.3) is 11.5 Å². The predicted octanol–water partition coefficient (Wildman–Crippen LogP) is 3.41. The summed E-state index contributed by atoms with van der Waals surface area (Å²) in [6, 6.07) is 11.4. The second-order valence-corrected chi connectivity index (χ2v) is 6.42.